The lowest BCUT2D eigenvalue weighted by atomic mass is 9.64. The standard InChI is InChI=1S/C47H55N3/c1-29-22-33-20-21-48-45-35-25-34(27-49(36-15-8-6-9-16-36)30(2)24-31(3)50(28-35)37-17-10-7-11-18-37)42(45)43-38-19-13-12-14-32(38)26-40-44(43)46(48)41(33)39(23-29)47(40,4)5/h12-14,19-26,35-37,42,45H,6-11,15-18,27-28H2,1-5H3/q+2. The molecule has 2 bridgehead atoms. The van der Waals surface area contributed by atoms with E-state index >= 15 is 0 Å². The first-order valence-corrected chi connectivity index (χ1v) is 20.1. The maximum absolute atomic E-state index is 2.89. The van der Waals surface area contributed by atoms with E-state index in [1.165, 1.54) is 120 Å². The van der Waals surface area contributed by atoms with E-state index in [-0.39, 0.29) is 5.41 Å². The molecular formula is C47H55N3+2. The minimum absolute atomic E-state index is 0.0838. The van der Waals surface area contributed by atoms with Gasteiger partial charge in [-0.05, 0) is 78.4 Å². The highest BCUT2D eigenvalue weighted by Gasteiger charge is 2.55. The average molecular weight is 662 g/mol. The molecule has 3 atom stereocenters. The van der Waals surface area contributed by atoms with Crippen molar-refractivity contribution in [3.05, 3.63) is 100 Å². The summed E-state index contributed by atoms with van der Waals surface area (Å²) < 4.78 is 5.69. The van der Waals surface area contributed by atoms with Gasteiger partial charge in [0, 0.05) is 61.2 Å². The Kier molecular flexibility index (Phi) is 7.07. The molecular weight excluding hydrogens is 607 g/mol. The van der Waals surface area contributed by atoms with Gasteiger partial charge in [-0.15, -0.1) is 0 Å². The van der Waals surface area contributed by atoms with Gasteiger partial charge in [0.2, 0.25) is 5.69 Å². The summed E-state index contributed by atoms with van der Waals surface area (Å²) in [6, 6.07) is 21.0. The highest BCUT2D eigenvalue weighted by atomic mass is 15.2. The van der Waals surface area contributed by atoms with E-state index in [2.05, 4.69) is 116 Å². The van der Waals surface area contributed by atoms with E-state index in [0.717, 1.165) is 13.1 Å². The fourth-order valence-corrected chi connectivity index (χ4v) is 11.9. The average Bonchev–Trinajstić information content (AvgIpc) is 3.48. The number of allylic oxidation sites excluding steroid dienone is 2. The number of aromatic nitrogens is 1. The predicted octanol–water partition coefficient (Wildman–Crippen LogP) is 10.4. The molecule has 0 spiro atoms. The summed E-state index contributed by atoms with van der Waals surface area (Å²) in [4.78, 5) is 2.89. The number of benzene rings is 3. The van der Waals surface area contributed by atoms with Crippen molar-refractivity contribution < 1.29 is 9.14 Å². The lowest BCUT2D eigenvalue weighted by molar-refractivity contribution is -0.720. The van der Waals surface area contributed by atoms with Crippen LogP contribution in [0.5, 0.6) is 0 Å². The van der Waals surface area contributed by atoms with Crippen molar-refractivity contribution >= 4 is 27.3 Å². The SMILES string of the molecule is CC1=[N+](C2CCCCC2)CC2=CC(CN(C3CCCCC3)/C(C)=C\1)C1C2c2c3c(cc4ccccc24)C(C)(C)c2cc(C)cc4cc[n+]1c-3c24. The van der Waals surface area contributed by atoms with E-state index in [1.807, 2.05) is 0 Å². The van der Waals surface area contributed by atoms with Crippen molar-refractivity contribution in [2.75, 3.05) is 13.1 Å². The molecule has 0 saturated heterocycles. The van der Waals surface area contributed by atoms with Gasteiger partial charge in [0.1, 0.15) is 0 Å². The van der Waals surface area contributed by atoms with Crippen molar-refractivity contribution in [2.45, 2.75) is 128 Å². The largest absolute Gasteiger partial charge is 0.371 e. The molecule has 2 aliphatic heterocycles. The maximum Gasteiger partial charge on any atom is 0.221 e. The van der Waals surface area contributed by atoms with Crippen LogP contribution in [-0.4, -0.2) is 40.4 Å². The number of pyridine rings is 1. The molecule has 3 unspecified atom stereocenters. The second-order valence-electron chi connectivity index (χ2n) is 17.6. The first-order valence-electron chi connectivity index (χ1n) is 20.1. The van der Waals surface area contributed by atoms with E-state index < -0.39 is 0 Å². The number of fused-ring (bicyclic) bond motifs is 8. The quantitative estimate of drug-likeness (QED) is 0.154. The Hall–Kier alpha value is -3.72. The Morgan fingerprint density at radius 2 is 1.56 bits per heavy atom. The third-order valence-corrected chi connectivity index (χ3v) is 14.3. The van der Waals surface area contributed by atoms with Crippen LogP contribution in [0.25, 0.3) is 32.8 Å². The molecule has 3 heteroatoms. The summed E-state index contributed by atoms with van der Waals surface area (Å²) in [6.45, 7) is 14.3. The summed E-state index contributed by atoms with van der Waals surface area (Å²) in [6.07, 6.45) is 21.5. The number of aryl methyl sites for hydroxylation is 1. The molecule has 4 aliphatic carbocycles. The Bertz CT molecular complexity index is 2170. The fraction of sp³-hybridized carbons (Fsp3) is 0.489. The Balaban J connectivity index is 1.26. The number of hydrogen-bond acceptors (Lipinski definition) is 1. The van der Waals surface area contributed by atoms with Crippen LogP contribution in [0.3, 0.4) is 0 Å². The summed E-state index contributed by atoms with van der Waals surface area (Å²) in [7, 11) is 0. The second kappa shape index (κ2) is 11.4. The van der Waals surface area contributed by atoms with Crippen LogP contribution in [0.1, 0.15) is 126 Å². The van der Waals surface area contributed by atoms with Crippen LogP contribution < -0.4 is 4.57 Å². The van der Waals surface area contributed by atoms with Crippen LogP contribution in [0.4, 0.5) is 0 Å². The highest BCUT2D eigenvalue weighted by molar-refractivity contribution is 6.05. The van der Waals surface area contributed by atoms with Gasteiger partial charge in [0.25, 0.3) is 0 Å². The zero-order chi connectivity index (χ0) is 33.9. The molecule has 0 radical (unpaired) electrons. The summed E-state index contributed by atoms with van der Waals surface area (Å²) in [5.74, 6) is 0.813. The number of hydrogen-bond donors (Lipinski definition) is 0. The van der Waals surface area contributed by atoms with Gasteiger partial charge in [-0.25, -0.2) is 4.58 Å². The number of nitrogens with zero attached hydrogens (tertiary/aromatic N) is 3. The summed E-state index contributed by atoms with van der Waals surface area (Å²) >= 11 is 0. The summed E-state index contributed by atoms with van der Waals surface area (Å²) in [5, 5.41) is 5.78. The normalized spacial score (nSPS) is 27.3. The van der Waals surface area contributed by atoms with Gasteiger partial charge in [-0.1, -0.05) is 87.6 Å². The molecule has 0 amide bonds. The van der Waals surface area contributed by atoms with Crippen LogP contribution >= 0.6 is 0 Å². The van der Waals surface area contributed by atoms with Crippen molar-refractivity contribution in [2.24, 2.45) is 5.92 Å². The van der Waals surface area contributed by atoms with E-state index in [4.69, 9.17) is 0 Å². The second-order valence-corrected chi connectivity index (χ2v) is 17.6. The third-order valence-electron chi connectivity index (χ3n) is 14.3. The maximum atomic E-state index is 2.89. The zero-order valence-corrected chi connectivity index (χ0v) is 31.1. The molecule has 3 nitrogen and oxygen atoms in total. The van der Waals surface area contributed by atoms with Crippen LogP contribution in [0.2, 0.25) is 0 Å². The molecule has 6 aliphatic rings. The van der Waals surface area contributed by atoms with Gasteiger partial charge in [-0.2, -0.15) is 4.57 Å². The molecule has 4 aromatic rings. The van der Waals surface area contributed by atoms with Crippen molar-refractivity contribution in [3.8, 4) is 11.3 Å². The first kappa shape index (κ1) is 31.1. The Morgan fingerprint density at radius 3 is 2.36 bits per heavy atom. The number of rotatable bonds is 2. The first-order chi connectivity index (χ1) is 24.3. The Labute approximate surface area is 299 Å². The van der Waals surface area contributed by atoms with Crippen molar-refractivity contribution in [1.82, 2.24) is 4.90 Å². The van der Waals surface area contributed by atoms with Crippen molar-refractivity contribution in [3.63, 3.8) is 0 Å². The molecule has 3 heterocycles. The van der Waals surface area contributed by atoms with Gasteiger partial charge in [0.15, 0.2) is 30.5 Å². The van der Waals surface area contributed by atoms with E-state index in [9.17, 15) is 0 Å². The molecule has 50 heavy (non-hydrogen) atoms. The Morgan fingerprint density at radius 1 is 0.800 bits per heavy atom. The minimum Gasteiger partial charge on any atom is -0.371 e. The zero-order valence-electron chi connectivity index (χ0n) is 31.1. The minimum atomic E-state index is -0.0838. The predicted molar refractivity (Wildman–Crippen MR) is 207 cm³/mol. The monoisotopic (exact) mass is 661 g/mol. The van der Waals surface area contributed by atoms with E-state index in [1.54, 1.807) is 16.7 Å². The van der Waals surface area contributed by atoms with Gasteiger partial charge < -0.3 is 4.90 Å². The lowest BCUT2D eigenvalue weighted by Crippen LogP contribution is -2.52. The highest BCUT2D eigenvalue weighted by Crippen LogP contribution is 2.59. The molecule has 2 fully saturated rings. The van der Waals surface area contributed by atoms with Crippen LogP contribution in [-0.2, 0) is 5.41 Å². The third kappa shape index (κ3) is 4.47. The van der Waals surface area contributed by atoms with Gasteiger partial charge in [-0.3, -0.25) is 0 Å². The molecule has 256 valence electrons. The van der Waals surface area contributed by atoms with Gasteiger partial charge >= 0.3 is 0 Å². The smallest absolute Gasteiger partial charge is 0.221 e. The molecule has 1 aromatic heterocycles. The van der Waals surface area contributed by atoms with Crippen molar-refractivity contribution in [1.29, 1.82) is 0 Å². The molecule has 10 rings (SSSR count). The summed E-state index contributed by atoms with van der Waals surface area (Å²) in [5.41, 5.74) is 13.6. The topological polar surface area (TPSA) is 10.1 Å². The molecule has 2 saturated carbocycles. The van der Waals surface area contributed by atoms with Crippen LogP contribution in [0.15, 0.2) is 78.1 Å². The molecule has 3 aromatic carbocycles. The van der Waals surface area contributed by atoms with Crippen LogP contribution in [0, 0.1) is 12.8 Å². The van der Waals surface area contributed by atoms with E-state index in [0.29, 0.717) is 30.0 Å². The van der Waals surface area contributed by atoms with Gasteiger partial charge in [0.05, 0.1) is 22.8 Å². The lowest BCUT2D eigenvalue weighted by Gasteiger charge is -2.42. The fourth-order valence-electron chi connectivity index (χ4n) is 11.9. The molecule has 0 N–H and O–H groups in total.